The number of nitrogen functional groups attached to an aromatic ring is 1. The van der Waals surface area contributed by atoms with Crippen molar-refractivity contribution in [3.63, 3.8) is 0 Å². The Balaban J connectivity index is 0.00000456. The van der Waals surface area contributed by atoms with Crippen LogP contribution in [0.2, 0.25) is 0 Å². The van der Waals surface area contributed by atoms with Crippen LogP contribution in [0.4, 0.5) is 0 Å². The molecule has 1 aliphatic heterocycles. The molecule has 1 amide bonds. The molecule has 1 aliphatic rings. The lowest BCUT2D eigenvalue weighted by atomic mass is 9.98. The van der Waals surface area contributed by atoms with E-state index >= 15 is 0 Å². The molecule has 1 fully saturated rings. The number of hydrogen-bond donors (Lipinski definition) is 3. The third-order valence-corrected chi connectivity index (χ3v) is 5.40. The molecule has 1 saturated heterocycles. The SMILES string of the molecule is CC(C)(C)C(=O)OCOC(=O)C[C@@H]1C[C@@H](COc2ccc(-c3ccc(C(=N)N)cn3)cc2)NC1=O.Cl. The molecule has 0 bridgehead atoms. The summed E-state index contributed by atoms with van der Waals surface area (Å²) in [6.07, 6.45) is 1.88. The van der Waals surface area contributed by atoms with E-state index in [1.165, 1.54) is 0 Å². The summed E-state index contributed by atoms with van der Waals surface area (Å²) in [6.45, 7) is 4.88. The van der Waals surface area contributed by atoms with Crippen LogP contribution in [0.25, 0.3) is 11.3 Å². The molecule has 4 N–H and O–H groups in total. The number of esters is 2. The van der Waals surface area contributed by atoms with Crippen LogP contribution >= 0.6 is 12.4 Å². The van der Waals surface area contributed by atoms with Gasteiger partial charge in [-0.05, 0) is 63.6 Å². The van der Waals surface area contributed by atoms with Gasteiger partial charge in [0.15, 0.2) is 0 Å². The lowest BCUT2D eigenvalue weighted by Gasteiger charge is -2.16. The summed E-state index contributed by atoms with van der Waals surface area (Å²) in [5.74, 6) is -1.25. The first-order valence-corrected chi connectivity index (χ1v) is 11.2. The van der Waals surface area contributed by atoms with Gasteiger partial charge in [0.1, 0.15) is 18.2 Å². The van der Waals surface area contributed by atoms with E-state index in [-0.39, 0.29) is 43.2 Å². The second kappa shape index (κ2) is 12.3. The number of amidine groups is 1. The average Bonchev–Trinajstić information content (AvgIpc) is 3.16. The fourth-order valence-electron chi connectivity index (χ4n) is 3.38. The molecule has 0 saturated carbocycles. The number of carbonyl (C=O) groups is 3. The van der Waals surface area contributed by atoms with Gasteiger partial charge >= 0.3 is 11.9 Å². The normalized spacial score (nSPS) is 16.9. The highest BCUT2D eigenvalue weighted by molar-refractivity contribution is 5.94. The molecule has 2 aromatic rings. The number of rotatable bonds is 9. The van der Waals surface area contributed by atoms with Crippen LogP contribution < -0.4 is 15.8 Å². The van der Waals surface area contributed by atoms with E-state index in [0.717, 1.165) is 11.3 Å². The first-order valence-electron chi connectivity index (χ1n) is 11.2. The lowest BCUT2D eigenvalue weighted by molar-refractivity contribution is -0.173. The molecule has 194 valence electrons. The summed E-state index contributed by atoms with van der Waals surface area (Å²) in [6, 6.07) is 10.6. The average molecular weight is 519 g/mol. The van der Waals surface area contributed by atoms with E-state index in [2.05, 4.69) is 10.3 Å². The molecule has 0 radical (unpaired) electrons. The zero-order valence-electron chi connectivity index (χ0n) is 20.4. The Bertz CT molecular complexity index is 1080. The summed E-state index contributed by atoms with van der Waals surface area (Å²) in [4.78, 5) is 40.3. The highest BCUT2D eigenvalue weighted by Crippen LogP contribution is 2.23. The fraction of sp³-hybridized carbons (Fsp3) is 0.400. The van der Waals surface area contributed by atoms with Crippen molar-refractivity contribution >= 4 is 36.1 Å². The molecule has 36 heavy (non-hydrogen) atoms. The highest BCUT2D eigenvalue weighted by atomic mass is 35.5. The van der Waals surface area contributed by atoms with Gasteiger partial charge in [-0.15, -0.1) is 12.4 Å². The number of benzene rings is 1. The summed E-state index contributed by atoms with van der Waals surface area (Å²) in [5.41, 5.74) is 6.95. The van der Waals surface area contributed by atoms with Crippen molar-refractivity contribution < 1.29 is 28.6 Å². The Kier molecular flexibility index (Phi) is 9.80. The third kappa shape index (κ3) is 7.94. The topological polar surface area (TPSA) is 154 Å². The van der Waals surface area contributed by atoms with Gasteiger partial charge in [0.2, 0.25) is 12.7 Å². The standard InChI is InChI=1S/C25H30N4O6.ClH/c1-25(2,3)24(32)35-14-34-21(30)11-17-10-18(29-23(17)31)13-33-19-7-4-15(5-8-19)20-9-6-16(12-28-20)22(26)27;/h4-9,12,17-18H,10-11,13-14H2,1-3H3,(H3,26,27)(H,29,31);1H/t17-,18-;/m0./s1. The van der Waals surface area contributed by atoms with Gasteiger partial charge in [0.25, 0.3) is 0 Å². The van der Waals surface area contributed by atoms with Crippen LogP contribution in [0.1, 0.15) is 39.2 Å². The van der Waals surface area contributed by atoms with Crippen molar-refractivity contribution in [1.82, 2.24) is 10.3 Å². The molecule has 2 heterocycles. The van der Waals surface area contributed by atoms with Crippen molar-refractivity contribution in [2.75, 3.05) is 13.4 Å². The van der Waals surface area contributed by atoms with Gasteiger partial charge < -0.3 is 25.3 Å². The number of nitrogens with zero attached hydrogens (tertiary/aromatic N) is 1. The maximum atomic E-state index is 12.2. The van der Waals surface area contributed by atoms with Gasteiger partial charge in [0.05, 0.1) is 29.5 Å². The zero-order valence-corrected chi connectivity index (χ0v) is 21.2. The van der Waals surface area contributed by atoms with Gasteiger partial charge in [-0.3, -0.25) is 24.8 Å². The van der Waals surface area contributed by atoms with E-state index in [1.54, 1.807) is 51.2 Å². The Morgan fingerprint density at radius 2 is 1.83 bits per heavy atom. The fourth-order valence-corrected chi connectivity index (χ4v) is 3.38. The third-order valence-electron chi connectivity index (χ3n) is 5.40. The van der Waals surface area contributed by atoms with E-state index in [9.17, 15) is 14.4 Å². The van der Waals surface area contributed by atoms with Crippen molar-refractivity contribution in [3.05, 3.63) is 48.2 Å². The zero-order chi connectivity index (χ0) is 25.6. The number of aromatic nitrogens is 1. The Morgan fingerprint density at radius 1 is 1.14 bits per heavy atom. The largest absolute Gasteiger partial charge is 0.491 e. The van der Waals surface area contributed by atoms with Crippen molar-refractivity contribution in [1.29, 1.82) is 5.41 Å². The second-order valence-electron chi connectivity index (χ2n) is 9.34. The summed E-state index contributed by atoms with van der Waals surface area (Å²) >= 11 is 0. The van der Waals surface area contributed by atoms with Gasteiger partial charge in [-0.25, -0.2) is 0 Å². The minimum absolute atomic E-state index is 0. The van der Waals surface area contributed by atoms with Crippen molar-refractivity contribution in [3.8, 4) is 17.0 Å². The molecular formula is C25H31ClN4O6. The second-order valence-corrected chi connectivity index (χ2v) is 9.34. The molecule has 0 aliphatic carbocycles. The number of nitrogens with two attached hydrogens (primary N) is 1. The summed E-state index contributed by atoms with van der Waals surface area (Å²) in [7, 11) is 0. The first-order chi connectivity index (χ1) is 16.5. The van der Waals surface area contributed by atoms with Gasteiger partial charge in [0, 0.05) is 17.3 Å². The molecule has 3 rings (SSSR count). The van der Waals surface area contributed by atoms with Crippen molar-refractivity contribution in [2.24, 2.45) is 17.1 Å². The number of amides is 1. The number of hydrogen-bond acceptors (Lipinski definition) is 8. The summed E-state index contributed by atoms with van der Waals surface area (Å²) in [5, 5.41) is 10.3. The molecule has 1 aromatic heterocycles. The molecule has 10 nitrogen and oxygen atoms in total. The van der Waals surface area contributed by atoms with Crippen LogP contribution in [0.15, 0.2) is 42.6 Å². The Hall–Kier alpha value is -3.66. The van der Waals surface area contributed by atoms with Crippen molar-refractivity contribution in [2.45, 2.75) is 39.7 Å². The van der Waals surface area contributed by atoms with Gasteiger partial charge in [-0.1, -0.05) is 0 Å². The summed E-state index contributed by atoms with van der Waals surface area (Å²) < 4.78 is 15.6. The molecule has 2 atom stereocenters. The molecular weight excluding hydrogens is 488 g/mol. The monoisotopic (exact) mass is 518 g/mol. The number of halogens is 1. The number of pyridine rings is 1. The highest BCUT2D eigenvalue weighted by Gasteiger charge is 2.34. The van der Waals surface area contributed by atoms with E-state index < -0.39 is 30.1 Å². The number of carbonyl (C=O) groups excluding carboxylic acids is 3. The van der Waals surface area contributed by atoms with Gasteiger partial charge in [-0.2, -0.15) is 0 Å². The lowest BCUT2D eigenvalue weighted by Crippen LogP contribution is -2.31. The minimum atomic E-state index is -0.690. The smallest absolute Gasteiger partial charge is 0.314 e. The Morgan fingerprint density at radius 3 is 2.42 bits per heavy atom. The maximum Gasteiger partial charge on any atom is 0.314 e. The number of ether oxygens (including phenoxy) is 3. The van der Waals surface area contributed by atoms with Crippen LogP contribution in [0.3, 0.4) is 0 Å². The molecule has 0 unspecified atom stereocenters. The molecule has 0 spiro atoms. The van der Waals surface area contributed by atoms with Crippen LogP contribution in [0, 0.1) is 16.7 Å². The predicted octanol–water partition coefficient (Wildman–Crippen LogP) is 2.82. The quantitative estimate of drug-likeness (QED) is 0.198. The van der Waals surface area contributed by atoms with E-state index in [0.29, 0.717) is 17.7 Å². The maximum absolute atomic E-state index is 12.2. The minimum Gasteiger partial charge on any atom is -0.491 e. The first kappa shape index (κ1) is 28.6. The number of nitrogens with one attached hydrogen (secondary N) is 2. The molecule has 11 heteroatoms. The van der Waals surface area contributed by atoms with Crippen LogP contribution in [0.5, 0.6) is 5.75 Å². The predicted molar refractivity (Wildman–Crippen MR) is 135 cm³/mol. The van der Waals surface area contributed by atoms with Crippen LogP contribution in [-0.4, -0.2) is 48.1 Å². The van der Waals surface area contributed by atoms with E-state index in [1.807, 2.05) is 12.1 Å². The Labute approximate surface area is 215 Å². The van der Waals surface area contributed by atoms with Crippen LogP contribution in [-0.2, 0) is 23.9 Å². The molecule has 1 aromatic carbocycles. The van der Waals surface area contributed by atoms with E-state index in [4.69, 9.17) is 25.4 Å².